The molecule has 0 saturated heterocycles. The average molecular weight is 353 g/mol. The van der Waals surface area contributed by atoms with Crippen LogP contribution < -0.4 is 10.6 Å². The summed E-state index contributed by atoms with van der Waals surface area (Å²) < 4.78 is 26.3. The first-order valence-corrected chi connectivity index (χ1v) is 6.21. The number of amides is 2. The Hall–Kier alpha value is -1.74. The van der Waals surface area contributed by atoms with Crippen molar-refractivity contribution in [1.82, 2.24) is 5.32 Å². The van der Waals surface area contributed by atoms with E-state index in [1.54, 1.807) is 0 Å². The monoisotopic (exact) mass is 352 g/mol. The highest BCUT2D eigenvalue weighted by Gasteiger charge is 2.15. The van der Waals surface area contributed by atoms with Crippen LogP contribution in [-0.4, -0.2) is 34.9 Å². The Morgan fingerprint density at radius 2 is 2.00 bits per heavy atom. The van der Waals surface area contributed by atoms with E-state index in [9.17, 15) is 18.4 Å². The van der Waals surface area contributed by atoms with Gasteiger partial charge in [0.25, 0.3) is 0 Å². The van der Waals surface area contributed by atoms with Gasteiger partial charge in [-0.05, 0) is 22.0 Å². The Morgan fingerprint density at radius 3 is 2.55 bits per heavy atom. The molecule has 1 aromatic carbocycles. The summed E-state index contributed by atoms with van der Waals surface area (Å²) in [5.74, 6) is -3.16. The Bertz CT molecular complexity index is 504. The second-order valence-corrected chi connectivity index (χ2v) is 4.62. The SMILES string of the molecule is O=C(NCC[C@H](O)C(=O)O)Nc1c(F)cc(F)cc1Br. The average Bonchev–Trinajstić information content (AvgIpc) is 2.33. The molecule has 9 heteroatoms. The molecule has 0 unspecified atom stereocenters. The number of halogens is 3. The van der Waals surface area contributed by atoms with Crippen LogP contribution >= 0.6 is 15.9 Å². The Morgan fingerprint density at radius 1 is 1.35 bits per heavy atom. The Balaban J connectivity index is 2.53. The van der Waals surface area contributed by atoms with Crippen molar-refractivity contribution in [2.45, 2.75) is 12.5 Å². The van der Waals surface area contributed by atoms with Gasteiger partial charge < -0.3 is 20.8 Å². The van der Waals surface area contributed by atoms with Crippen LogP contribution in [0.5, 0.6) is 0 Å². The highest BCUT2D eigenvalue weighted by Crippen LogP contribution is 2.26. The van der Waals surface area contributed by atoms with Gasteiger partial charge >= 0.3 is 12.0 Å². The molecule has 20 heavy (non-hydrogen) atoms. The second-order valence-electron chi connectivity index (χ2n) is 3.77. The van der Waals surface area contributed by atoms with Crippen molar-refractivity contribution >= 4 is 33.6 Å². The third-order valence-electron chi connectivity index (χ3n) is 2.23. The summed E-state index contributed by atoms with van der Waals surface area (Å²) in [6, 6.07) is 0.773. The fourth-order valence-electron chi connectivity index (χ4n) is 1.27. The molecule has 0 fully saturated rings. The van der Waals surface area contributed by atoms with Crippen LogP contribution in [0, 0.1) is 11.6 Å². The third-order valence-corrected chi connectivity index (χ3v) is 2.86. The summed E-state index contributed by atoms with van der Waals surface area (Å²) in [5, 5.41) is 21.8. The topological polar surface area (TPSA) is 98.7 Å². The first kappa shape index (κ1) is 16.3. The lowest BCUT2D eigenvalue weighted by molar-refractivity contribution is -0.146. The Labute approximate surface area is 120 Å². The van der Waals surface area contributed by atoms with Crippen LogP contribution in [0.15, 0.2) is 16.6 Å². The number of carbonyl (C=O) groups is 2. The van der Waals surface area contributed by atoms with Gasteiger partial charge in [-0.1, -0.05) is 0 Å². The minimum absolute atomic E-state index is 0.0238. The van der Waals surface area contributed by atoms with E-state index in [1.165, 1.54) is 0 Å². The van der Waals surface area contributed by atoms with Crippen molar-refractivity contribution in [2.75, 3.05) is 11.9 Å². The molecule has 0 aliphatic rings. The standard InChI is InChI=1S/C11H11BrF2N2O4/c12-6-3-5(13)4-7(14)9(6)16-11(20)15-2-1-8(17)10(18)19/h3-4,8,17H,1-2H2,(H,18,19)(H2,15,16,20)/t8-/m0/s1. The molecule has 0 aliphatic heterocycles. The first-order valence-electron chi connectivity index (χ1n) is 5.41. The van der Waals surface area contributed by atoms with Crippen molar-refractivity contribution in [3.8, 4) is 0 Å². The molecule has 0 radical (unpaired) electrons. The maximum Gasteiger partial charge on any atom is 0.332 e. The van der Waals surface area contributed by atoms with Crippen molar-refractivity contribution in [3.05, 3.63) is 28.2 Å². The molecule has 0 spiro atoms. The van der Waals surface area contributed by atoms with E-state index in [0.717, 1.165) is 6.07 Å². The summed E-state index contributed by atoms with van der Waals surface area (Å²) in [5.41, 5.74) is -0.248. The van der Waals surface area contributed by atoms with Crippen molar-refractivity contribution in [3.63, 3.8) is 0 Å². The number of urea groups is 1. The van der Waals surface area contributed by atoms with Crippen LogP contribution in [0.3, 0.4) is 0 Å². The van der Waals surface area contributed by atoms with E-state index in [1.807, 2.05) is 0 Å². The maximum absolute atomic E-state index is 13.4. The number of carboxylic acids is 1. The summed E-state index contributed by atoms with van der Waals surface area (Å²) in [6.45, 7) is -0.125. The first-order chi connectivity index (χ1) is 9.31. The van der Waals surface area contributed by atoms with Gasteiger partial charge in [0.05, 0.1) is 5.69 Å². The molecule has 0 heterocycles. The molecule has 0 saturated carbocycles. The highest BCUT2D eigenvalue weighted by molar-refractivity contribution is 9.10. The zero-order valence-electron chi connectivity index (χ0n) is 9.99. The van der Waals surface area contributed by atoms with Gasteiger partial charge in [-0.25, -0.2) is 18.4 Å². The van der Waals surface area contributed by atoms with Crippen LogP contribution in [0.2, 0.25) is 0 Å². The summed E-state index contributed by atoms with van der Waals surface area (Å²) in [4.78, 5) is 21.7. The van der Waals surface area contributed by atoms with Gasteiger partial charge in [-0.3, -0.25) is 0 Å². The van der Waals surface area contributed by atoms with Gasteiger partial charge in [0, 0.05) is 23.5 Å². The smallest absolute Gasteiger partial charge is 0.332 e. The molecular formula is C11H11BrF2N2O4. The Kier molecular flexibility index (Phi) is 5.83. The zero-order chi connectivity index (χ0) is 15.3. The minimum Gasteiger partial charge on any atom is -0.479 e. The van der Waals surface area contributed by atoms with E-state index < -0.39 is 29.7 Å². The van der Waals surface area contributed by atoms with Crippen LogP contribution in [0.25, 0.3) is 0 Å². The quantitative estimate of drug-likeness (QED) is 0.647. The number of carboxylic acid groups (broad SMARTS) is 1. The number of benzene rings is 1. The molecule has 0 aliphatic carbocycles. The van der Waals surface area contributed by atoms with E-state index in [0.29, 0.717) is 6.07 Å². The second kappa shape index (κ2) is 7.15. The van der Waals surface area contributed by atoms with E-state index >= 15 is 0 Å². The number of aliphatic hydroxyl groups excluding tert-OH is 1. The molecule has 110 valence electrons. The predicted molar refractivity (Wildman–Crippen MR) is 69.3 cm³/mol. The number of rotatable bonds is 5. The molecule has 0 bridgehead atoms. The lowest BCUT2D eigenvalue weighted by Crippen LogP contribution is -2.33. The molecular weight excluding hydrogens is 342 g/mol. The molecule has 1 aromatic rings. The molecule has 0 aromatic heterocycles. The van der Waals surface area contributed by atoms with Gasteiger partial charge in [0.15, 0.2) is 11.9 Å². The summed E-state index contributed by atoms with van der Waals surface area (Å²) >= 11 is 2.90. The summed E-state index contributed by atoms with van der Waals surface area (Å²) in [6.07, 6.45) is -1.79. The fraction of sp³-hybridized carbons (Fsp3) is 0.273. The number of aliphatic carboxylic acids is 1. The zero-order valence-corrected chi connectivity index (χ0v) is 11.6. The van der Waals surface area contributed by atoms with E-state index in [4.69, 9.17) is 10.2 Å². The van der Waals surface area contributed by atoms with Crippen molar-refractivity contribution in [2.24, 2.45) is 0 Å². The number of anilines is 1. The fourth-order valence-corrected chi connectivity index (χ4v) is 1.77. The number of hydrogen-bond donors (Lipinski definition) is 4. The van der Waals surface area contributed by atoms with Gasteiger partial charge in [0.1, 0.15) is 5.82 Å². The summed E-state index contributed by atoms with van der Waals surface area (Å²) in [7, 11) is 0. The van der Waals surface area contributed by atoms with Crippen LogP contribution in [0.1, 0.15) is 6.42 Å². The number of hydrogen-bond acceptors (Lipinski definition) is 3. The largest absolute Gasteiger partial charge is 0.479 e. The van der Waals surface area contributed by atoms with E-state index in [-0.39, 0.29) is 23.1 Å². The molecule has 4 N–H and O–H groups in total. The van der Waals surface area contributed by atoms with Gasteiger partial charge in [-0.2, -0.15) is 0 Å². The maximum atomic E-state index is 13.4. The van der Waals surface area contributed by atoms with Crippen LogP contribution in [0.4, 0.5) is 19.3 Å². The number of carbonyl (C=O) groups excluding carboxylic acids is 1. The molecule has 1 rings (SSSR count). The third kappa shape index (κ3) is 4.74. The van der Waals surface area contributed by atoms with Crippen LogP contribution in [-0.2, 0) is 4.79 Å². The van der Waals surface area contributed by atoms with Crippen molar-refractivity contribution in [1.29, 1.82) is 0 Å². The lowest BCUT2D eigenvalue weighted by atomic mass is 10.2. The lowest BCUT2D eigenvalue weighted by Gasteiger charge is -2.11. The molecule has 1 atom stereocenters. The molecule has 6 nitrogen and oxygen atoms in total. The number of nitrogens with one attached hydrogen (secondary N) is 2. The molecule has 2 amide bonds. The normalized spacial score (nSPS) is 11.8. The van der Waals surface area contributed by atoms with Crippen molar-refractivity contribution < 1.29 is 28.6 Å². The van der Waals surface area contributed by atoms with Gasteiger partial charge in [-0.15, -0.1) is 0 Å². The highest BCUT2D eigenvalue weighted by atomic mass is 79.9. The predicted octanol–water partition coefficient (Wildman–Crippen LogP) is 1.68. The van der Waals surface area contributed by atoms with E-state index in [2.05, 4.69) is 26.6 Å². The minimum atomic E-state index is -1.59. The number of aliphatic hydroxyl groups is 1. The van der Waals surface area contributed by atoms with Gasteiger partial charge in [0.2, 0.25) is 0 Å².